The minimum Gasteiger partial charge on any atom is -0.505 e. The van der Waals surface area contributed by atoms with E-state index in [0.717, 1.165) is 16.8 Å². The van der Waals surface area contributed by atoms with Crippen LogP contribution in [0.25, 0.3) is 17.3 Å². The lowest BCUT2D eigenvalue weighted by Crippen LogP contribution is -2.20. The largest absolute Gasteiger partial charge is 0.505 e. The van der Waals surface area contributed by atoms with E-state index in [1.54, 1.807) is 0 Å². The van der Waals surface area contributed by atoms with Crippen LogP contribution in [0.15, 0.2) is 39.5 Å². The predicted molar refractivity (Wildman–Crippen MR) is 72.1 cm³/mol. The first kappa shape index (κ1) is 13.2. The second kappa shape index (κ2) is 4.94. The SMILES string of the molecule is O=c1cc(O)c(-c2n[nH]c(=S)o2)nn1-c1cccc(F)c1. The highest BCUT2D eigenvalue weighted by Crippen LogP contribution is 2.23. The van der Waals surface area contributed by atoms with Crippen molar-refractivity contribution in [1.29, 1.82) is 0 Å². The number of aromatic nitrogens is 4. The van der Waals surface area contributed by atoms with Crippen molar-refractivity contribution >= 4 is 12.2 Å². The van der Waals surface area contributed by atoms with Gasteiger partial charge in [0.25, 0.3) is 16.3 Å². The summed E-state index contributed by atoms with van der Waals surface area (Å²) in [4.78, 5) is 11.9. The van der Waals surface area contributed by atoms with Gasteiger partial charge in [-0.3, -0.25) is 4.79 Å². The highest BCUT2D eigenvalue weighted by Gasteiger charge is 2.16. The molecule has 0 aliphatic carbocycles. The molecular formula is C12H7FN4O3S. The molecule has 0 aliphatic rings. The molecule has 0 saturated carbocycles. The molecule has 9 heteroatoms. The lowest BCUT2D eigenvalue weighted by Gasteiger charge is -2.06. The molecule has 3 aromatic rings. The van der Waals surface area contributed by atoms with Gasteiger partial charge in [0.2, 0.25) is 0 Å². The molecule has 106 valence electrons. The summed E-state index contributed by atoms with van der Waals surface area (Å²) in [7, 11) is 0. The number of halogens is 1. The number of hydrogen-bond donors (Lipinski definition) is 2. The van der Waals surface area contributed by atoms with Gasteiger partial charge < -0.3 is 9.52 Å². The first-order valence-electron chi connectivity index (χ1n) is 5.70. The summed E-state index contributed by atoms with van der Waals surface area (Å²) in [5.41, 5.74) is -0.516. The maximum absolute atomic E-state index is 13.2. The summed E-state index contributed by atoms with van der Waals surface area (Å²) < 4.78 is 19.2. The van der Waals surface area contributed by atoms with E-state index in [1.165, 1.54) is 18.2 Å². The van der Waals surface area contributed by atoms with Crippen molar-refractivity contribution in [2.45, 2.75) is 0 Å². The Kier molecular flexibility index (Phi) is 3.10. The number of benzene rings is 1. The standard InChI is InChI=1S/C12H7FN4O3S/c13-6-2-1-3-7(4-6)17-9(19)5-8(18)10(16-17)11-14-15-12(21)20-11/h1-5,18H,(H,15,21). The van der Waals surface area contributed by atoms with Crippen molar-refractivity contribution in [2.75, 3.05) is 0 Å². The highest BCUT2D eigenvalue weighted by molar-refractivity contribution is 7.71. The zero-order chi connectivity index (χ0) is 15.0. The Bertz CT molecular complexity index is 930. The van der Waals surface area contributed by atoms with Gasteiger partial charge in [-0.15, -0.1) is 5.10 Å². The van der Waals surface area contributed by atoms with Crippen LogP contribution < -0.4 is 5.56 Å². The average molecular weight is 306 g/mol. The highest BCUT2D eigenvalue weighted by atomic mass is 32.1. The molecule has 0 spiro atoms. The van der Waals surface area contributed by atoms with Gasteiger partial charge in [-0.25, -0.2) is 9.49 Å². The zero-order valence-corrected chi connectivity index (χ0v) is 11.1. The Morgan fingerprint density at radius 1 is 1.38 bits per heavy atom. The van der Waals surface area contributed by atoms with Crippen molar-refractivity contribution < 1.29 is 13.9 Å². The van der Waals surface area contributed by atoms with Crippen LogP contribution in [0.4, 0.5) is 4.39 Å². The number of aromatic amines is 1. The third-order valence-corrected chi connectivity index (χ3v) is 2.78. The molecule has 0 aliphatic heterocycles. The molecule has 0 amide bonds. The summed E-state index contributed by atoms with van der Waals surface area (Å²) in [6.07, 6.45) is 0. The third kappa shape index (κ3) is 2.46. The summed E-state index contributed by atoms with van der Waals surface area (Å²) in [6, 6.07) is 6.24. The van der Waals surface area contributed by atoms with Crippen molar-refractivity contribution in [3.05, 3.63) is 51.3 Å². The minimum absolute atomic E-state index is 0.00490. The molecule has 1 aromatic carbocycles. The van der Waals surface area contributed by atoms with E-state index in [0.29, 0.717) is 0 Å². The number of rotatable bonds is 2. The van der Waals surface area contributed by atoms with Crippen LogP contribution in [0.5, 0.6) is 5.75 Å². The van der Waals surface area contributed by atoms with Crippen LogP contribution in [0.2, 0.25) is 0 Å². The van der Waals surface area contributed by atoms with Crippen LogP contribution in [-0.4, -0.2) is 25.1 Å². The first-order chi connectivity index (χ1) is 10.0. The quantitative estimate of drug-likeness (QED) is 0.701. The molecule has 0 atom stereocenters. The molecule has 2 aromatic heterocycles. The van der Waals surface area contributed by atoms with Gasteiger partial charge in [-0.2, -0.15) is 9.78 Å². The van der Waals surface area contributed by atoms with Crippen molar-refractivity contribution in [3.63, 3.8) is 0 Å². The molecule has 21 heavy (non-hydrogen) atoms. The van der Waals surface area contributed by atoms with Gasteiger partial charge in [-0.05, 0) is 30.4 Å². The van der Waals surface area contributed by atoms with Gasteiger partial charge in [-0.1, -0.05) is 6.07 Å². The molecule has 0 unspecified atom stereocenters. The van der Waals surface area contributed by atoms with E-state index >= 15 is 0 Å². The Balaban J connectivity index is 2.23. The molecule has 0 radical (unpaired) electrons. The van der Waals surface area contributed by atoms with Crippen molar-refractivity contribution in [2.24, 2.45) is 0 Å². The number of hydrogen-bond acceptors (Lipinski definition) is 6. The Morgan fingerprint density at radius 3 is 2.86 bits per heavy atom. The molecule has 7 nitrogen and oxygen atoms in total. The molecular weight excluding hydrogens is 299 g/mol. The summed E-state index contributed by atoms with van der Waals surface area (Å²) in [6.45, 7) is 0. The number of nitrogens with one attached hydrogen (secondary N) is 1. The molecule has 2 heterocycles. The van der Waals surface area contributed by atoms with Crippen LogP contribution in [0.1, 0.15) is 0 Å². The van der Waals surface area contributed by atoms with Gasteiger partial charge in [0.15, 0.2) is 11.4 Å². The minimum atomic E-state index is -0.629. The monoisotopic (exact) mass is 306 g/mol. The molecule has 0 saturated heterocycles. The Morgan fingerprint density at radius 2 is 2.19 bits per heavy atom. The van der Waals surface area contributed by atoms with E-state index in [4.69, 9.17) is 16.6 Å². The maximum atomic E-state index is 13.2. The lowest BCUT2D eigenvalue weighted by molar-refractivity contribution is 0.463. The van der Waals surface area contributed by atoms with E-state index in [2.05, 4.69) is 15.3 Å². The van der Waals surface area contributed by atoms with Crippen molar-refractivity contribution in [3.8, 4) is 23.0 Å². The normalized spacial score (nSPS) is 10.7. The van der Waals surface area contributed by atoms with Gasteiger partial charge in [0.05, 0.1) is 5.69 Å². The Hall–Kier alpha value is -2.81. The van der Waals surface area contributed by atoms with Crippen LogP contribution >= 0.6 is 12.2 Å². The molecule has 0 bridgehead atoms. The van der Waals surface area contributed by atoms with Gasteiger partial charge in [0, 0.05) is 6.07 Å². The van der Waals surface area contributed by atoms with E-state index in [-0.39, 0.29) is 22.1 Å². The predicted octanol–water partition coefficient (Wildman–Crippen LogP) is 1.79. The van der Waals surface area contributed by atoms with Crippen LogP contribution in [-0.2, 0) is 0 Å². The summed E-state index contributed by atoms with van der Waals surface area (Å²) in [5.74, 6) is -1.02. The average Bonchev–Trinajstić information content (AvgIpc) is 2.85. The first-order valence-corrected chi connectivity index (χ1v) is 6.10. The number of H-pyrrole nitrogens is 1. The fraction of sp³-hybridized carbons (Fsp3) is 0. The lowest BCUT2D eigenvalue weighted by atomic mass is 10.3. The fourth-order valence-corrected chi connectivity index (χ4v) is 1.85. The summed E-state index contributed by atoms with van der Waals surface area (Å²) in [5, 5.41) is 19.8. The van der Waals surface area contributed by atoms with Crippen LogP contribution in [0.3, 0.4) is 0 Å². The molecule has 0 fully saturated rings. The van der Waals surface area contributed by atoms with Gasteiger partial charge in [0.1, 0.15) is 5.82 Å². The van der Waals surface area contributed by atoms with Gasteiger partial charge >= 0.3 is 0 Å². The third-order valence-electron chi connectivity index (χ3n) is 2.61. The zero-order valence-electron chi connectivity index (χ0n) is 10.3. The second-order valence-electron chi connectivity index (χ2n) is 4.03. The topological polar surface area (TPSA) is 96.9 Å². The maximum Gasteiger partial charge on any atom is 0.284 e. The van der Waals surface area contributed by atoms with E-state index in [1.807, 2.05) is 0 Å². The molecule has 3 rings (SSSR count). The smallest absolute Gasteiger partial charge is 0.284 e. The van der Waals surface area contributed by atoms with E-state index in [9.17, 15) is 14.3 Å². The van der Waals surface area contributed by atoms with E-state index < -0.39 is 17.1 Å². The summed E-state index contributed by atoms with van der Waals surface area (Å²) >= 11 is 4.73. The second-order valence-corrected chi connectivity index (χ2v) is 4.40. The Labute approximate surface area is 121 Å². The number of nitrogens with zero attached hydrogens (tertiary/aromatic N) is 3. The molecule has 2 N–H and O–H groups in total. The van der Waals surface area contributed by atoms with Crippen molar-refractivity contribution in [1.82, 2.24) is 20.0 Å². The fourth-order valence-electron chi connectivity index (χ4n) is 1.72. The van der Waals surface area contributed by atoms with Crippen LogP contribution in [0, 0.1) is 10.7 Å². The number of aromatic hydroxyl groups is 1.